The van der Waals surface area contributed by atoms with E-state index < -0.39 is 11.6 Å². The molecule has 0 saturated heterocycles. The van der Waals surface area contributed by atoms with Gasteiger partial charge in [-0.15, -0.1) is 0 Å². The molecule has 0 spiro atoms. The Kier molecular flexibility index (Phi) is 8.12. The van der Waals surface area contributed by atoms with E-state index in [1.165, 1.54) is 14.0 Å². The Labute approximate surface area is 103 Å². The number of hydrogen-bond acceptors (Lipinski definition) is 5. The van der Waals surface area contributed by atoms with E-state index in [-0.39, 0.29) is 6.54 Å². The molecule has 17 heavy (non-hydrogen) atoms. The fraction of sp³-hybridized carbons (Fsp3) is 0.917. The van der Waals surface area contributed by atoms with Crippen molar-refractivity contribution in [2.75, 3.05) is 33.4 Å². The van der Waals surface area contributed by atoms with Crippen molar-refractivity contribution < 1.29 is 19.4 Å². The largest absolute Gasteiger partial charge is 0.467 e. The highest BCUT2D eigenvalue weighted by atomic mass is 16.5. The quantitative estimate of drug-likeness (QED) is 0.460. The average Bonchev–Trinajstić information content (AvgIpc) is 2.26. The summed E-state index contributed by atoms with van der Waals surface area (Å²) in [5, 5.41) is 12.6. The van der Waals surface area contributed by atoms with E-state index in [1.807, 2.05) is 0 Å². The Hall–Kier alpha value is -0.650. The molecular formula is C12H25NO4. The summed E-state index contributed by atoms with van der Waals surface area (Å²) in [7, 11) is 1.26. The van der Waals surface area contributed by atoms with E-state index in [9.17, 15) is 9.90 Å². The SMILES string of the molecule is COC(=O)C(C)(O)CNCCOCCC(C)C. The van der Waals surface area contributed by atoms with Crippen LogP contribution in [0.5, 0.6) is 0 Å². The van der Waals surface area contributed by atoms with Gasteiger partial charge in [-0.05, 0) is 19.3 Å². The van der Waals surface area contributed by atoms with Gasteiger partial charge in [0.1, 0.15) is 0 Å². The summed E-state index contributed by atoms with van der Waals surface area (Å²) < 4.78 is 9.86. The van der Waals surface area contributed by atoms with Gasteiger partial charge in [0.15, 0.2) is 5.60 Å². The molecule has 0 aromatic rings. The molecule has 1 unspecified atom stereocenters. The monoisotopic (exact) mass is 247 g/mol. The molecule has 2 N–H and O–H groups in total. The molecule has 0 aliphatic carbocycles. The van der Waals surface area contributed by atoms with Crippen LogP contribution in [0.4, 0.5) is 0 Å². The lowest BCUT2D eigenvalue weighted by atomic mass is 10.1. The molecule has 5 nitrogen and oxygen atoms in total. The van der Waals surface area contributed by atoms with E-state index >= 15 is 0 Å². The molecule has 1 atom stereocenters. The molecule has 5 heteroatoms. The van der Waals surface area contributed by atoms with Crippen LogP contribution >= 0.6 is 0 Å². The van der Waals surface area contributed by atoms with Crippen LogP contribution < -0.4 is 5.32 Å². The van der Waals surface area contributed by atoms with Crippen molar-refractivity contribution >= 4 is 5.97 Å². The predicted octanol–water partition coefficient (Wildman–Crippen LogP) is 0.563. The summed E-state index contributed by atoms with van der Waals surface area (Å²) in [5.41, 5.74) is -1.48. The number of ether oxygens (including phenoxy) is 2. The third kappa shape index (κ3) is 8.12. The average molecular weight is 247 g/mol. The van der Waals surface area contributed by atoms with Crippen LogP contribution in [0.1, 0.15) is 27.2 Å². The highest BCUT2D eigenvalue weighted by Gasteiger charge is 2.30. The fourth-order valence-electron chi connectivity index (χ4n) is 1.19. The van der Waals surface area contributed by atoms with Gasteiger partial charge >= 0.3 is 5.97 Å². The van der Waals surface area contributed by atoms with Crippen LogP contribution in [0, 0.1) is 5.92 Å². The zero-order valence-corrected chi connectivity index (χ0v) is 11.3. The summed E-state index contributed by atoms with van der Waals surface area (Å²) in [6.45, 7) is 7.80. The lowest BCUT2D eigenvalue weighted by molar-refractivity contribution is -0.159. The maximum Gasteiger partial charge on any atom is 0.338 e. The van der Waals surface area contributed by atoms with Gasteiger partial charge in [-0.3, -0.25) is 0 Å². The Bertz CT molecular complexity index is 217. The molecule has 0 aliphatic heterocycles. The van der Waals surface area contributed by atoms with Crippen LogP contribution in [-0.2, 0) is 14.3 Å². The van der Waals surface area contributed by atoms with Crippen molar-refractivity contribution in [1.82, 2.24) is 5.32 Å². The van der Waals surface area contributed by atoms with Crippen LogP contribution in [0.3, 0.4) is 0 Å². The molecule has 0 fully saturated rings. The van der Waals surface area contributed by atoms with Gasteiger partial charge in [0.05, 0.1) is 13.7 Å². The highest BCUT2D eigenvalue weighted by Crippen LogP contribution is 2.03. The maximum absolute atomic E-state index is 11.1. The van der Waals surface area contributed by atoms with Crippen molar-refractivity contribution in [1.29, 1.82) is 0 Å². The number of esters is 1. The zero-order valence-electron chi connectivity index (χ0n) is 11.3. The molecule has 0 bridgehead atoms. The highest BCUT2D eigenvalue weighted by molar-refractivity contribution is 5.78. The third-order valence-corrected chi connectivity index (χ3v) is 2.36. The Balaban J connectivity index is 3.48. The summed E-state index contributed by atoms with van der Waals surface area (Å²) >= 11 is 0. The van der Waals surface area contributed by atoms with Crippen molar-refractivity contribution in [3.63, 3.8) is 0 Å². The normalized spacial score (nSPS) is 14.7. The minimum absolute atomic E-state index is 0.160. The summed E-state index contributed by atoms with van der Waals surface area (Å²) in [4.78, 5) is 11.1. The van der Waals surface area contributed by atoms with E-state index in [1.54, 1.807) is 0 Å². The minimum Gasteiger partial charge on any atom is -0.467 e. The molecule has 0 radical (unpaired) electrons. The van der Waals surface area contributed by atoms with E-state index in [0.717, 1.165) is 13.0 Å². The van der Waals surface area contributed by atoms with Crippen molar-refractivity contribution in [2.24, 2.45) is 5.92 Å². The third-order valence-electron chi connectivity index (χ3n) is 2.36. The van der Waals surface area contributed by atoms with Crippen LogP contribution in [-0.4, -0.2) is 50.1 Å². The van der Waals surface area contributed by atoms with Crippen LogP contribution in [0.2, 0.25) is 0 Å². The van der Waals surface area contributed by atoms with Crippen molar-refractivity contribution in [2.45, 2.75) is 32.8 Å². The summed E-state index contributed by atoms with van der Waals surface area (Å²) in [6.07, 6.45) is 1.04. The van der Waals surface area contributed by atoms with Gasteiger partial charge in [-0.25, -0.2) is 4.79 Å². The molecule has 102 valence electrons. The first-order chi connectivity index (χ1) is 7.90. The molecular weight excluding hydrogens is 222 g/mol. The topological polar surface area (TPSA) is 67.8 Å². The number of aliphatic hydroxyl groups is 1. The van der Waals surface area contributed by atoms with E-state index in [4.69, 9.17) is 4.74 Å². The summed E-state index contributed by atoms with van der Waals surface area (Å²) in [6, 6.07) is 0. The Morgan fingerprint density at radius 1 is 1.41 bits per heavy atom. The molecule has 0 saturated carbocycles. The number of nitrogens with one attached hydrogen (secondary N) is 1. The summed E-state index contributed by atoms with van der Waals surface area (Å²) in [5.74, 6) is 0.00810. The lowest BCUT2D eigenvalue weighted by Gasteiger charge is -2.20. The number of rotatable bonds is 9. The molecule has 0 aromatic carbocycles. The van der Waals surface area contributed by atoms with Gasteiger partial charge < -0.3 is 19.9 Å². The fourth-order valence-corrected chi connectivity index (χ4v) is 1.19. The molecule has 0 aliphatic rings. The van der Waals surface area contributed by atoms with Gasteiger partial charge in [-0.2, -0.15) is 0 Å². The predicted molar refractivity (Wildman–Crippen MR) is 65.8 cm³/mol. The number of carbonyl (C=O) groups is 1. The zero-order chi connectivity index (χ0) is 13.3. The molecule has 0 rings (SSSR count). The molecule has 0 heterocycles. The second-order valence-corrected chi connectivity index (χ2v) is 4.74. The number of hydrogen-bond donors (Lipinski definition) is 2. The van der Waals surface area contributed by atoms with Gasteiger partial charge in [-0.1, -0.05) is 13.8 Å². The van der Waals surface area contributed by atoms with Gasteiger partial charge in [0.25, 0.3) is 0 Å². The molecule has 0 amide bonds. The minimum atomic E-state index is -1.48. The number of carbonyl (C=O) groups excluding carboxylic acids is 1. The van der Waals surface area contributed by atoms with Crippen molar-refractivity contribution in [3.8, 4) is 0 Å². The smallest absolute Gasteiger partial charge is 0.338 e. The Morgan fingerprint density at radius 3 is 2.59 bits per heavy atom. The second kappa shape index (κ2) is 8.44. The second-order valence-electron chi connectivity index (χ2n) is 4.74. The first-order valence-corrected chi connectivity index (χ1v) is 5.99. The first-order valence-electron chi connectivity index (χ1n) is 5.99. The van der Waals surface area contributed by atoms with E-state index in [2.05, 4.69) is 23.9 Å². The van der Waals surface area contributed by atoms with Gasteiger partial charge in [0.2, 0.25) is 0 Å². The maximum atomic E-state index is 11.1. The lowest BCUT2D eigenvalue weighted by Crippen LogP contribution is -2.46. The van der Waals surface area contributed by atoms with E-state index in [0.29, 0.717) is 19.1 Å². The van der Waals surface area contributed by atoms with Crippen LogP contribution in [0.25, 0.3) is 0 Å². The van der Waals surface area contributed by atoms with Crippen molar-refractivity contribution in [3.05, 3.63) is 0 Å². The van der Waals surface area contributed by atoms with Gasteiger partial charge in [0, 0.05) is 19.7 Å². The number of methoxy groups -OCH3 is 1. The Morgan fingerprint density at radius 2 is 2.06 bits per heavy atom. The first kappa shape index (κ1) is 16.4. The molecule has 0 aromatic heterocycles. The van der Waals surface area contributed by atoms with Crippen LogP contribution in [0.15, 0.2) is 0 Å². The standard InChI is InChI=1S/C12H25NO4/c1-10(2)5-7-17-8-6-13-9-12(3,15)11(14)16-4/h10,13,15H,5-9H2,1-4H3.